The second-order valence-electron chi connectivity index (χ2n) is 3.47. The molecule has 0 aliphatic carbocycles. The zero-order valence-electron chi connectivity index (χ0n) is 9.05. The summed E-state index contributed by atoms with van der Waals surface area (Å²) < 4.78 is 52.9. The number of hydrogen-bond donors (Lipinski definition) is 0. The molecule has 0 aromatic heterocycles. The lowest BCUT2D eigenvalue weighted by atomic mass is 10.3. The van der Waals surface area contributed by atoms with Gasteiger partial charge in [0.1, 0.15) is 21.7 Å². The van der Waals surface area contributed by atoms with Crippen LogP contribution in [-0.4, -0.2) is 8.42 Å². The highest BCUT2D eigenvalue weighted by atomic mass is 32.2. The summed E-state index contributed by atoms with van der Waals surface area (Å²) in [6, 6.07) is 9.42. The van der Waals surface area contributed by atoms with Gasteiger partial charge in [-0.15, -0.1) is 0 Å². The van der Waals surface area contributed by atoms with Crippen molar-refractivity contribution in [3.05, 3.63) is 64.9 Å². The molecule has 0 N–H and O–H groups in total. The summed E-state index contributed by atoms with van der Waals surface area (Å²) in [6.45, 7) is 0. The van der Waals surface area contributed by atoms with Crippen LogP contribution in [0.15, 0.2) is 53.4 Å². The van der Waals surface area contributed by atoms with E-state index >= 15 is 0 Å². The van der Waals surface area contributed by atoms with E-state index < -0.39 is 21.7 Å². The number of benzene rings is 2. The van der Waals surface area contributed by atoms with E-state index in [-0.39, 0.29) is 10.6 Å². The fraction of sp³-hybridized carbons (Fsp3) is 0. The van der Waals surface area contributed by atoms with Crippen LogP contribution in [-0.2, 0) is 10.0 Å². The van der Waals surface area contributed by atoms with Gasteiger partial charge in [0.15, 0.2) is 0 Å². The summed E-state index contributed by atoms with van der Waals surface area (Å²) in [5.74, 6) is -1.29. The molecule has 3 nitrogen and oxygen atoms in total. The highest BCUT2D eigenvalue weighted by Crippen LogP contribution is 2.29. The van der Waals surface area contributed by atoms with E-state index in [0.29, 0.717) is 0 Å². The van der Waals surface area contributed by atoms with E-state index in [4.69, 9.17) is 0 Å². The van der Waals surface area contributed by atoms with Gasteiger partial charge in [-0.2, -0.15) is 0 Å². The zero-order valence-corrected chi connectivity index (χ0v) is 9.86. The van der Waals surface area contributed by atoms with Crippen LogP contribution in [0.5, 0.6) is 0 Å². The summed E-state index contributed by atoms with van der Waals surface area (Å²) >= 11 is 0. The maximum Gasteiger partial charge on any atom is 0.123 e. The Hall–Kier alpha value is -1.95. The van der Waals surface area contributed by atoms with Crippen molar-refractivity contribution >= 4 is 15.7 Å². The highest BCUT2D eigenvalue weighted by Gasteiger charge is 2.06. The number of sulfonamides is 1. The normalized spacial score (nSPS) is 11.2. The Morgan fingerprint density at radius 3 is 2.11 bits per heavy atom. The van der Waals surface area contributed by atoms with Gasteiger partial charge in [0, 0.05) is 0 Å². The summed E-state index contributed by atoms with van der Waals surface area (Å²) in [7, 11) is -4.03. The Balaban J connectivity index is 2.33. The summed E-state index contributed by atoms with van der Waals surface area (Å²) in [5.41, 5.74) is -0.276. The zero-order chi connectivity index (χ0) is 13.2. The number of halogens is 2. The Bertz CT molecular complexity index is 654. The minimum Gasteiger partial charge on any atom is -0.570 e. The Kier molecular flexibility index (Phi) is 3.29. The molecule has 0 aliphatic rings. The Labute approximate surface area is 103 Å². The van der Waals surface area contributed by atoms with E-state index in [1.54, 1.807) is 0 Å². The molecule has 0 aliphatic heterocycles. The van der Waals surface area contributed by atoms with Crippen molar-refractivity contribution in [1.82, 2.24) is 0 Å². The molecule has 0 saturated heterocycles. The largest absolute Gasteiger partial charge is 0.570 e. The van der Waals surface area contributed by atoms with Gasteiger partial charge in [-0.3, -0.25) is 0 Å². The second kappa shape index (κ2) is 4.73. The molecule has 18 heavy (non-hydrogen) atoms. The fourth-order valence-electron chi connectivity index (χ4n) is 1.31. The van der Waals surface area contributed by atoms with Crippen molar-refractivity contribution in [2.75, 3.05) is 0 Å². The quantitative estimate of drug-likeness (QED) is 0.857. The molecule has 2 rings (SSSR count). The van der Waals surface area contributed by atoms with Gasteiger partial charge < -0.3 is 4.72 Å². The molecule has 0 amide bonds. The number of rotatable bonds is 3. The average molecular weight is 268 g/mol. The molecule has 0 bridgehead atoms. The van der Waals surface area contributed by atoms with E-state index in [2.05, 4.69) is 4.72 Å². The lowest BCUT2D eigenvalue weighted by molar-refractivity contribution is 0.600. The number of nitrogens with zero attached hydrogens (tertiary/aromatic N) is 1. The van der Waals surface area contributed by atoms with E-state index in [1.807, 2.05) is 0 Å². The van der Waals surface area contributed by atoms with Crippen LogP contribution >= 0.6 is 0 Å². The molecule has 0 atom stereocenters. The predicted molar refractivity (Wildman–Crippen MR) is 63.0 cm³/mol. The first-order valence-corrected chi connectivity index (χ1v) is 6.41. The standard InChI is InChI=1S/C12H8F2NO2S/c13-9-5-7-10(8-6-9)18(16,17)15-12-4-2-1-3-11(12)14/h1-8H/q-1. The van der Waals surface area contributed by atoms with Gasteiger partial charge in [-0.25, -0.2) is 17.2 Å². The topological polar surface area (TPSA) is 48.2 Å². The van der Waals surface area contributed by atoms with Gasteiger partial charge in [0.05, 0.1) is 4.90 Å². The molecule has 0 spiro atoms. The lowest BCUT2D eigenvalue weighted by Crippen LogP contribution is -1.98. The lowest BCUT2D eigenvalue weighted by Gasteiger charge is -2.22. The van der Waals surface area contributed by atoms with Crippen LogP contribution in [0.2, 0.25) is 0 Å². The first-order valence-electron chi connectivity index (χ1n) is 4.97. The minimum atomic E-state index is -4.03. The van der Waals surface area contributed by atoms with E-state index in [9.17, 15) is 17.2 Å². The first-order chi connectivity index (χ1) is 8.49. The molecule has 0 saturated carbocycles. The first kappa shape index (κ1) is 12.5. The average Bonchev–Trinajstić information content (AvgIpc) is 2.32. The smallest absolute Gasteiger partial charge is 0.123 e. The highest BCUT2D eigenvalue weighted by molar-refractivity contribution is 7.94. The molecule has 0 unspecified atom stereocenters. The van der Waals surface area contributed by atoms with E-state index in [1.165, 1.54) is 18.2 Å². The fourth-order valence-corrected chi connectivity index (χ4v) is 2.31. The molecular formula is C12H8F2NO2S-. The maximum atomic E-state index is 13.3. The Morgan fingerprint density at radius 1 is 0.889 bits per heavy atom. The van der Waals surface area contributed by atoms with Crippen molar-refractivity contribution in [3.8, 4) is 0 Å². The van der Waals surface area contributed by atoms with Crippen molar-refractivity contribution in [2.45, 2.75) is 4.90 Å². The third-order valence-electron chi connectivity index (χ3n) is 2.18. The van der Waals surface area contributed by atoms with Crippen LogP contribution in [0.3, 0.4) is 0 Å². The monoisotopic (exact) mass is 268 g/mol. The molecule has 94 valence electrons. The van der Waals surface area contributed by atoms with Crippen molar-refractivity contribution in [3.63, 3.8) is 0 Å². The minimum absolute atomic E-state index is 0.188. The van der Waals surface area contributed by atoms with Crippen molar-refractivity contribution < 1.29 is 17.2 Å². The predicted octanol–water partition coefficient (Wildman–Crippen LogP) is 3.36. The van der Waals surface area contributed by atoms with Gasteiger partial charge in [0.25, 0.3) is 0 Å². The van der Waals surface area contributed by atoms with Crippen molar-refractivity contribution in [1.29, 1.82) is 0 Å². The van der Waals surface area contributed by atoms with Crippen molar-refractivity contribution in [2.24, 2.45) is 0 Å². The SMILES string of the molecule is O=S(=O)([N-]c1ccccc1F)c1ccc(F)cc1. The van der Waals surface area contributed by atoms with Crippen LogP contribution < -0.4 is 0 Å². The summed E-state index contributed by atoms with van der Waals surface area (Å²) in [6.07, 6.45) is 0. The Morgan fingerprint density at radius 2 is 1.50 bits per heavy atom. The molecule has 0 fully saturated rings. The molecule has 2 aromatic carbocycles. The maximum absolute atomic E-state index is 13.3. The van der Waals surface area contributed by atoms with Crippen LogP contribution in [0.25, 0.3) is 4.72 Å². The number of hydrogen-bond acceptors (Lipinski definition) is 2. The molecule has 2 aromatic rings. The molecule has 0 radical (unpaired) electrons. The van der Waals surface area contributed by atoms with Gasteiger partial charge in [-0.1, -0.05) is 23.9 Å². The molecular weight excluding hydrogens is 260 g/mol. The van der Waals surface area contributed by atoms with Crippen LogP contribution in [0.1, 0.15) is 0 Å². The summed E-state index contributed by atoms with van der Waals surface area (Å²) in [4.78, 5) is -0.188. The summed E-state index contributed by atoms with van der Waals surface area (Å²) in [5, 5.41) is 0. The third kappa shape index (κ3) is 2.65. The molecule has 0 heterocycles. The second-order valence-corrected chi connectivity index (χ2v) is 5.08. The van der Waals surface area contributed by atoms with Gasteiger partial charge in [0.2, 0.25) is 0 Å². The van der Waals surface area contributed by atoms with E-state index in [0.717, 1.165) is 30.3 Å². The van der Waals surface area contributed by atoms with Gasteiger partial charge in [-0.05, 0) is 30.3 Å². The van der Waals surface area contributed by atoms with Crippen LogP contribution in [0, 0.1) is 11.6 Å². The molecule has 6 heteroatoms. The third-order valence-corrected chi connectivity index (χ3v) is 3.49. The van der Waals surface area contributed by atoms with Crippen LogP contribution in [0.4, 0.5) is 14.5 Å². The van der Waals surface area contributed by atoms with Gasteiger partial charge >= 0.3 is 0 Å².